The summed E-state index contributed by atoms with van der Waals surface area (Å²) in [6.07, 6.45) is 2.25. The van der Waals surface area contributed by atoms with Crippen molar-refractivity contribution in [2.45, 2.75) is 39.8 Å². The molecule has 0 bridgehead atoms. The second kappa shape index (κ2) is 6.47. The van der Waals surface area contributed by atoms with Crippen molar-refractivity contribution in [3.63, 3.8) is 0 Å². The quantitative estimate of drug-likeness (QED) is 0.867. The van der Waals surface area contributed by atoms with E-state index in [0.29, 0.717) is 19.6 Å². The number of hydrogen-bond acceptors (Lipinski definition) is 5. The first-order chi connectivity index (χ1) is 9.61. The fraction of sp³-hybridized carbons (Fsp3) is 0.500. The molecule has 0 saturated carbocycles. The molecule has 20 heavy (non-hydrogen) atoms. The van der Waals surface area contributed by atoms with Gasteiger partial charge in [-0.25, -0.2) is 9.67 Å². The standard InChI is InChI=1S/C14H21N5O/c1-10(2)19-14(16-9-17-19)8-20-13-5-4-11(3)18-12(13)6-7-15/h4-5,9-10H,6-8,15H2,1-3H3. The van der Waals surface area contributed by atoms with E-state index in [1.54, 1.807) is 6.33 Å². The van der Waals surface area contributed by atoms with Crippen LogP contribution in [0.4, 0.5) is 0 Å². The van der Waals surface area contributed by atoms with Crippen molar-refractivity contribution >= 4 is 0 Å². The minimum atomic E-state index is 0.260. The Hall–Kier alpha value is -1.95. The number of pyridine rings is 1. The molecule has 0 aliphatic heterocycles. The van der Waals surface area contributed by atoms with Crippen LogP contribution < -0.4 is 10.5 Å². The highest BCUT2D eigenvalue weighted by atomic mass is 16.5. The van der Waals surface area contributed by atoms with Gasteiger partial charge >= 0.3 is 0 Å². The summed E-state index contributed by atoms with van der Waals surface area (Å²) in [7, 11) is 0. The summed E-state index contributed by atoms with van der Waals surface area (Å²) in [4.78, 5) is 8.70. The summed E-state index contributed by atoms with van der Waals surface area (Å²) in [5.74, 6) is 1.57. The fourth-order valence-corrected chi connectivity index (χ4v) is 2.00. The highest BCUT2D eigenvalue weighted by Crippen LogP contribution is 2.19. The second-order valence-electron chi connectivity index (χ2n) is 4.94. The van der Waals surface area contributed by atoms with Crippen LogP contribution in [0.1, 0.15) is 37.1 Å². The molecule has 2 aromatic rings. The lowest BCUT2D eigenvalue weighted by atomic mass is 10.2. The minimum Gasteiger partial charge on any atom is -0.484 e. The molecule has 2 aromatic heterocycles. The normalized spacial score (nSPS) is 11.1. The van der Waals surface area contributed by atoms with Crippen molar-refractivity contribution in [1.82, 2.24) is 19.7 Å². The average molecular weight is 275 g/mol. The van der Waals surface area contributed by atoms with Crippen LogP contribution in [0, 0.1) is 6.92 Å². The average Bonchev–Trinajstić information content (AvgIpc) is 2.87. The van der Waals surface area contributed by atoms with Crippen LogP contribution in [-0.2, 0) is 13.0 Å². The third-order valence-corrected chi connectivity index (χ3v) is 2.95. The molecule has 6 heteroatoms. The Labute approximate surface area is 119 Å². The van der Waals surface area contributed by atoms with Gasteiger partial charge in [-0.1, -0.05) is 0 Å². The van der Waals surface area contributed by atoms with Crippen LogP contribution in [0.15, 0.2) is 18.5 Å². The van der Waals surface area contributed by atoms with E-state index in [0.717, 1.165) is 23.0 Å². The molecular weight excluding hydrogens is 254 g/mol. The zero-order valence-electron chi connectivity index (χ0n) is 12.2. The largest absolute Gasteiger partial charge is 0.484 e. The van der Waals surface area contributed by atoms with Gasteiger partial charge in [0.15, 0.2) is 5.82 Å². The monoisotopic (exact) mass is 275 g/mol. The highest BCUT2D eigenvalue weighted by molar-refractivity contribution is 5.29. The molecule has 0 aliphatic rings. The van der Waals surface area contributed by atoms with Gasteiger partial charge in [0.25, 0.3) is 0 Å². The molecule has 6 nitrogen and oxygen atoms in total. The summed E-state index contributed by atoms with van der Waals surface area (Å²) in [6, 6.07) is 4.13. The van der Waals surface area contributed by atoms with Crippen LogP contribution in [0.3, 0.4) is 0 Å². The molecule has 2 heterocycles. The molecular formula is C14H21N5O. The lowest BCUT2D eigenvalue weighted by Crippen LogP contribution is -2.12. The minimum absolute atomic E-state index is 0.260. The first-order valence-electron chi connectivity index (χ1n) is 6.79. The molecule has 108 valence electrons. The first kappa shape index (κ1) is 14.5. The number of nitrogens with zero attached hydrogens (tertiary/aromatic N) is 4. The van der Waals surface area contributed by atoms with Gasteiger partial charge in [-0.15, -0.1) is 0 Å². The third kappa shape index (κ3) is 3.33. The summed E-state index contributed by atoms with van der Waals surface area (Å²) in [5.41, 5.74) is 7.47. The number of rotatable bonds is 6. The van der Waals surface area contributed by atoms with Crippen LogP contribution in [0.2, 0.25) is 0 Å². The lowest BCUT2D eigenvalue weighted by Gasteiger charge is -2.13. The fourth-order valence-electron chi connectivity index (χ4n) is 2.00. The third-order valence-electron chi connectivity index (χ3n) is 2.95. The van der Waals surface area contributed by atoms with Gasteiger partial charge in [0, 0.05) is 18.2 Å². The molecule has 0 amide bonds. The molecule has 0 fully saturated rings. The first-order valence-corrected chi connectivity index (χ1v) is 6.79. The van der Waals surface area contributed by atoms with Crippen molar-refractivity contribution in [3.05, 3.63) is 35.7 Å². The zero-order chi connectivity index (χ0) is 14.5. The Bertz CT molecular complexity index is 564. The van der Waals surface area contributed by atoms with Crippen LogP contribution in [-0.4, -0.2) is 26.3 Å². The Morgan fingerprint density at radius 1 is 1.35 bits per heavy atom. The molecule has 0 atom stereocenters. The van der Waals surface area contributed by atoms with E-state index in [1.165, 1.54) is 0 Å². The molecule has 2 rings (SSSR count). The van der Waals surface area contributed by atoms with E-state index in [9.17, 15) is 0 Å². The van der Waals surface area contributed by atoms with Crippen LogP contribution in [0.25, 0.3) is 0 Å². The number of ether oxygens (including phenoxy) is 1. The van der Waals surface area contributed by atoms with Crippen molar-refractivity contribution in [2.24, 2.45) is 5.73 Å². The van der Waals surface area contributed by atoms with Gasteiger partial charge in [0.2, 0.25) is 0 Å². The van der Waals surface area contributed by atoms with Crippen LogP contribution in [0.5, 0.6) is 5.75 Å². The molecule has 0 aromatic carbocycles. The number of hydrogen-bond donors (Lipinski definition) is 1. The molecule has 0 saturated heterocycles. The molecule has 0 aliphatic carbocycles. The lowest BCUT2D eigenvalue weighted by molar-refractivity contribution is 0.278. The van der Waals surface area contributed by atoms with Gasteiger partial charge in [-0.05, 0) is 39.4 Å². The van der Waals surface area contributed by atoms with Gasteiger partial charge in [0.1, 0.15) is 18.7 Å². The number of nitrogens with two attached hydrogens (primary N) is 1. The summed E-state index contributed by atoms with van der Waals surface area (Å²) in [6.45, 7) is 7.01. The van der Waals surface area contributed by atoms with Gasteiger partial charge in [0.05, 0.1) is 5.69 Å². The van der Waals surface area contributed by atoms with Gasteiger partial charge in [-0.3, -0.25) is 4.98 Å². The SMILES string of the molecule is Cc1ccc(OCc2ncnn2C(C)C)c(CCN)n1. The van der Waals surface area contributed by atoms with Crippen molar-refractivity contribution in [3.8, 4) is 5.75 Å². The molecule has 0 unspecified atom stereocenters. The Kier molecular flexibility index (Phi) is 4.68. The van der Waals surface area contributed by atoms with E-state index < -0.39 is 0 Å². The smallest absolute Gasteiger partial charge is 0.165 e. The molecule has 0 radical (unpaired) electrons. The summed E-state index contributed by atoms with van der Waals surface area (Å²) in [5, 5.41) is 4.19. The number of aromatic nitrogens is 4. The Morgan fingerprint density at radius 2 is 2.15 bits per heavy atom. The van der Waals surface area contributed by atoms with E-state index in [4.69, 9.17) is 10.5 Å². The Balaban J connectivity index is 2.12. The summed E-state index contributed by atoms with van der Waals surface area (Å²) >= 11 is 0. The van der Waals surface area contributed by atoms with Crippen molar-refractivity contribution < 1.29 is 4.74 Å². The highest BCUT2D eigenvalue weighted by Gasteiger charge is 2.10. The predicted molar refractivity (Wildman–Crippen MR) is 76.5 cm³/mol. The van der Waals surface area contributed by atoms with E-state index in [1.807, 2.05) is 23.7 Å². The van der Waals surface area contributed by atoms with E-state index in [-0.39, 0.29) is 6.04 Å². The van der Waals surface area contributed by atoms with Crippen molar-refractivity contribution in [1.29, 1.82) is 0 Å². The molecule has 2 N–H and O–H groups in total. The number of aryl methyl sites for hydroxylation is 1. The van der Waals surface area contributed by atoms with Gasteiger partial charge in [-0.2, -0.15) is 5.10 Å². The maximum atomic E-state index is 5.84. The van der Waals surface area contributed by atoms with Crippen LogP contribution >= 0.6 is 0 Å². The molecule has 0 spiro atoms. The Morgan fingerprint density at radius 3 is 2.85 bits per heavy atom. The maximum Gasteiger partial charge on any atom is 0.165 e. The maximum absolute atomic E-state index is 5.84. The van der Waals surface area contributed by atoms with Crippen molar-refractivity contribution in [2.75, 3.05) is 6.54 Å². The summed E-state index contributed by atoms with van der Waals surface area (Å²) < 4.78 is 7.69. The zero-order valence-corrected chi connectivity index (χ0v) is 12.2. The topological polar surface area (TPSA) is 78.9 Å². The second-order valence-corrected chi connectivity index (χ2v) is 4.94. The van der Waals surface area contributed by atoms with Gasteiger partial charge < -0.3 is 10.5 Å². The van der Waals surface area contributed by atoms with E-state index >= 15 is 0 Å². The predicted octanol–water partition coefficient (Wildman–Crippen LogP) is 1.64. The van der Waals surface area contributed by atoms with E-state index in [2.05, 4.69) is 28.9 Å².